The molecule has 2 aromatic heterocycles. The molecule has 0 aromatic carbocycles. The molecule has 2 aromatic rings. The van der Waals surface area contributed by atoms with Crippen LogP contribution in [0.25, 0.3) is 11.2 Å². The van der Waals surface area contributed by atoms with Crippen molar-refractivity contribution < 1.29 is 8.78 Å². The lowest BCUT2D eigenvalue weighted by Crippen LogP contribution is -2.39. The highest BCUT2D eigenvalue weighted by Crippen LogP contribution is 2.49. The molecule has 2 atom stereocenters. The lowest BCUT2D eigenvalue weighted by atomic mass is 10.00. The summed E-state index contributed by atoms with van der Waals surface area (Å²) in [6, 6.07) is 4.26. The van der Waals surface area contributed by atoms with E-state index in [0.29, 0.717) is 17.2 Å². The Hall–Kier alpha value is -1.92. The Kier molecular flexibility index (Phi) is 3.85. The van der Waals surface area contributed by atoms with Gasteiger partial charge in [0.15, 0.2) is 5.65 Å². The molecule has 2 aliphatic rings. The molecule has 25 heavy (non-hydrogen) atoms. The highest BCUT2D eigenvalue weighted by atomic mass is 19.3. The van der Waals surface area contributed by atoms with Crippen LogP contribution in [-0.2, 0) is 13.6 Å². The van der Waals surface area contributed by atoms with Crippen molar-refractivity contribution in [2.45, 2.75) is 57.5 Å². The fourth-order valence-corrected chi connectivity index (χ4v) is 4.01. The standard InChI is InChI=1S/C18H24F2N4O/c1-3-13-6-4-5-9-23(13)15-8-7-14-16(21-15)22(2)17(25)24(14)11-12-10-18(12,19)20/h7-8,12-13H,3-6,9-11H2,1-2H3. The second-order valence-electron chi connectivity index (χ2n) is 7.38. The maximum absolute atomic E-state index is 13.3. The van der Waals surface area contributed by atoms with Crippen LogP contribution in [0, 0.1) is 5.92 Å². The number of rotatable bonds is 4. The molecule has 1 saturated carbocycles. The van der Waals surface area contributed by atoms with Gasteiger partial charge in [-0.15, -0.1) is 0 Å². The van der Waals surface area contributed by atoms with E-state index in [2.05, 4.69) is 11.8 Å². The van der Waals surface area contributed by atoms with Gasteiger partial charge in [-0.25, -0.2) is 18.6 Å². The first-order valence-corrected chi connectivity index (χ1v) is 9.13. The number of alkyl halides is 2. The number of aromatic nitrogens is 3. The number of piperidine rings is 1. The minimum atomic E-state index is -2.63. The number of imidazole rings is 1. The van der Waals surface area contributed by atoms with E-state index >= 15 is 0 Å². The SMILES string of the molecule is CCC1CCCCN1c1ccc2c(n1)n(C)c(=O)n2CC1CC1(F)F. The fraction of sp³-hybridized carbons (Fsp3) is 0.667. The molecule has 3 heterocycles. The van der Waals surface area contributed by atoms with Crippen molar-refractivity contribution in [2.24, 2.45) is 13.0 Å². The molecule has 2 fully saturated rings. The smallest absolute Gasteiger partial charge is 0.330 e. The van der Waals surface area contributed by atoms with Crippen LogP contribution in [0.5, 0.6) is 0 Å². The molecular weight excluding hydrogens is 326 g/mol. The van der Waals surface area contributed by atoms with Gasteiger partial charge in [-0.3, -0.25) is 9.13 Å². The zero-order chi connectivity index (χ0) is 17.8. The zero-order valence-electron chi connectivity index (χ0n) is 14.7. The summed E-state index contributed by atoms with van der Waals surface area (Å²) in [5.74, 6) is -2.48. The molecule has 1 saturated heterocycles. The van der Waals surface area contributed by atoms with Crippen LogP contribution in [0.1, 0.15) is 39.0 Å². The highest BCUT2D eigenvalue weighted by Gasteiger charge is 2.57. The molecular formula is C18H24F2N4O. The first-order chi connectivity index (χ1) is 11.9. The summed E-state index contributed by atoms with van der Waals surface area (Å²) in [5.41, 5.74) is 0.948. The van der Waals surface area contributed by atoms with Gasteiger partial charge in [0.2, 0.25) is 0 Å². The fourth-order valence-electron chi connectivity index (χ4n) is 4.01. The lowest BCUT2D eigenvalue weighted by Gasteiger charge is -2.36. The molecule has 5 nitrogen and oxygen atoms in total. The molecule has 0 amide bonds. The Morgan fingerprint density at radius 3 is 2.76 bits per heavy atom. The molecule has 136 valence electrons. The Balaban J connectivity index is 1.71. The van der Waals surface area contributed by atoms with Crippen LogP contribution in [0.3, 0.4) is 0 Å². The third kappa shape index (κ3) is 2.73. The van der Waals surface area contributed by atoms with Crippen molar-refractivity contribution in [3.05, 3.63) is 22.6 Å². The summed E-state index contributed by atoms with van der Waals surface area (Å²) in [4.78, 5) is 19.5. The van der Waals surface area contributed by atoms with E-state index in [0.717, 1.165) is 31.6 Å². The summed E-state index contributed by atoms with van der Waals surface area (Å²) in [7, 11) is 1.66. The average Bonchev–Trinajstić information content (AvgIpc) is 3.16. The van der Waals surface area contributed by atoms with Crippen LogP contribution in [0.2, 0.25) is 0 Å². The number of aryl methyl sites for hydroxylation is 1. The predicted octanol–water partition coefficient (Wildman–Crippen LogP) is 3.16. The minimum Gasteiger partial charge on any atom is -0.354 e. The van der Waals surface area contributed by atoms with Crippen molar-refractivity contribution in [3.63, 3.8) is 0 Å². The second-order valence-corrected chi connectivity index (χ2v) is 7.38. The quantitative estimate of drug-likeness (QED) is 0.851. The summed E-state index contributed by atoms with van der Waals surface area (Å²) in [6.45, 7) is 3.22. The molecule has 0 spiro atoms. The van der Waals surface area contributed by atoms with Crippen molar-refractivity contribution in [1.82, 2.24) is 14.1 Å². The van der Waals surface area contributed by atoms with E-state index in [1.165, 1.54) is 15.6 Å². The third-order valence-electron chi connectivity index (χ3n) is 5.72. The summed E-state index contributed by atoms with van der Waals surface area (Å²) in [6.07, 6.45) is 4.48. The van der Waals surface area contributed by atoms with Crippen molar-refractivity contribution >= 4 is 17.0 Å². The first kappa shape index (κ1) is 16.5. The third-order valence-corrected chi connectivity index (χ3v) is 5.72. The summed E-state index contributed by atoms with van der Waals surface area (Å²) in [5, 5.41) is 0. The van der Waals surface area contributed by atoms with Crippen molar-refractivity contribution in [2.75, 3.05) is 11.4 Å². The minimum absolute atomic E-state index is 0.0610. The lowest BCUT2D eigenvalue weighted by molar-refractivity contribution is 0.0951. The van der Waals surface area contributed by atoms with E-state index in [1.54, 1.807) is 7.05 Å². The van der Waals surface area contributed by atoms with Crippen LogP contribution < -0.4 is 10.6 Å². The Bertz CT molecular complexity index is 857. The van der Waals surface area contributed by atoms with E-state index in [1.807, 2.05) is 12.1 Å². The van der Waals surface area contributed by atoms with E-state index in [-0.39, 0.29) is 18.7 Å². The summed E-state index contributed by atoms with van der Waals surface area (Å²) >= 11 is 0. The van der Waals surface area contributed by atoms with Crippen molar-refractivity contribution in [1.29, 1.82) is 0 Å². The summed E-state index contributed by atoms with van der Waals surface area (Å²) < 4.78 is 29.5. The molecule has 1 aliphatic heterocycles. The number of halogens is 2. The topological polar surface area (TPSA) is 43.1 Å². The Morgan fingerprint density at radius 2 is 2.08 bits per heavy atom. The van der Waals surface area contributed by atoms with Gasteiger partial charge in [-0.1, -0.05) is 6.92 Å². The van der Waals surface area contributed by atoms with Gasteiger partial charge in [0.05, 0.1) is 5.52 Å². The van der Waals surface area contributed by atoms with Crippen LogP contribution in [0.4, 0.5) is 14.6 Å². The first-order valence-electron chi connectivity index (χ1n) is 9.13. The molecule has 0 radical (unpaired) electrons. The van der Waals surface area contributed by atoms with E-state index < -0.39 is 11.8 Å². The van der Waals surface area contributed by atoms with Gasteiger partial charge < -0.3 is 4.90 Å². The van der Waals surface area contributed by atoms with Crippen molar-refractivity contribution in [3.8, 4) is 0 Å². The zero-order valence-corrected chi connectivity index (χ0v) is 14.7. The normalized spacial score (nSPS) is 25.5. The van der Waals surface area contributed by atoms with Crippen LogP contribution >= 0.6 is 0 Å². The van der Waals surface area contributed by atoms with Crippen LogP contribution in [-0.4, -0.2) is 32.6 Å². The van der Waals surface area contributed by atoms with Gasteiger partial charge in [-0.2, -0.15) is 0 Å². The van der Waals surface area contributed by atoms with Gasteiger partial charge in [0.1, 0.15) is 5.82 Å². The Labute approximate surface area is 145 Å². The molecule has 1 aliphatic carbocycles. The maximum Gasteiger partial charge on any atom is 0.330 e. The molecule has 0 bridgehead atoms. The highest BCUT2D eigenvalue weighted by molar-refractivity contribution is 5.74. The van der Waals surface area contributed by atoms with E-state index in [9.17, 15) is 13.6 Å². The number of nitrogens with zero attached hydrogens (tertiary/aromatic N) is 4. The van der Waals surface area contributed by atoms with Crippen LogP contribution in [0.15, 0.2) is 16.9 Å². The number of pyridine rings is 1. The predicted molar refractivity (Wildman–Crippen MR) is 93.3 cm³/mol. The molecule has 7 heteroatoms. The van der Waals surface area contributed by atoms with Gasteiger partial charge in [0.25, 0.3) is 5.92 Å². The van der Waals surface area contributed by atoms with Gasteiger partial charge in [0, 0.05) is 38.5 Å². The largest absolute Gasteiger partial charge is 0.354 e. The maximum atomic E-state index is 13.3. The molecule has 4 rings (SSSR count). The van der Waals surface area contributed by atoms with Gasteiger partial charge >= 0.3 is 5.69 Å². The van der Waals surface area contributed by atoms with E-state index in [4.69, 9.17) is 4.98 Å². The average molecular weight is 350 g/mol. The number of hydrogen-bond acceptors (Lipinski definition) is 3. The number of fused-ring (bicyclic) bond motifs is 1. The monoisotopic (exact) mass is 350 g/mol. The molecule has 2 unspecified atom stereocenters. The molecule has 0 N–H and O–H groups in total. The number of anilines is 1. The van der Waals surface area contributed by atoms with Gasteiger partial charge in [-0.05, 0) is 37.8 Å². The Morgan fingerprint density at radius 1 is 1.32 bits per heavy atom. The second kappa shape index (κ2) is 5.81. The number of hydrogen-bond donors (Lipinski definition) is 0.